The third kappa shape index (κ3) is 2.93. The Balaban J connectivity index is 2.40. The standard InChI is InChI=1S/C14H13BrFN/c1-17-14(10-4-2-6-12(15)8-10)11-5-3-7-13(16)9-11/h2-9,14,17H,1H3. The molecule has 0 heterocycles. The van der Waals surface area contributed by atoms with Crippen molar-refractivity contribution in [2.75, 3.05) is 7.05 Å². The van der Waals surface area contributed by atoms with Crippen LogP contribution in [0.4, 0.5) is 4.39 Å². The van der Waals surface area contributed by atoms with Gasteiger partial charge in [-0.1, -0.05) is 40.2 Å². The highest BCUT2D eigenvalue weighted by molar-refractivity contribution is 9.10. The molecule has 0 aromatic heterocycles. The Kier molecular flexibility index (Phi) is 3.92. The maximum absolute atomic E-state index is 13.2. The van der Waals surface area contributed by atoms with Gasteiger partial charge in [-0.25, -0.2) is 4.39 Å². The molecule has 0 fully saturated rings. The zero-order valence-electron chi connectivity index (χ0n) is 9.45. The van der Waals surface area contributed by atoms with Crippen LogP contribution in [0.2, 0.25) is 0 Å². The van der Waals surface area contributed by atoms with Crippen molar-refractivity contribution in [1.82, 2.24) is 5.32 Å². The van der Waals surface area contributed by atoms with Crippen molar-refractivity contribution in [3.05, 3.63) is 69.9 Å². The Morgan fingerprint density at radius 1 is 1.06 bits per heavy atom. The van der Waals surface area contributed by atoms with Crippen LogP contribution >= 0.6 is 15.9 Å². The molecule has 1 N–H and O–H groups in total. The van der Waals surface area contributed by atoms with E-state index >= 15 is 0 Å². The van der Waals surface area contributed by atoms with Crippen molar-refractivity contribution >= 4 is 15.9 Å². The van der Waals surface area contributed by atoms with Gasteiger partial charge in [-0.3, -0.25) is 0 Å². The average molecular weight is 294 g/mol. The molecule has 0 saturated carbocycles. The monoisotopic (exact) mass is 293 g/mol. The van der Waals surface area contributed by atoms with Crippen LogP contribution in [0.25, 0.3) is 0 Å². The van der Waals surface area contributed by atoms with Gasteiger partial charge in [-0.05, 0) is 42.4 Å². The summed E-state index contributed by atoms with van der Waals surface area (Å²) >= 11 is 3.44. The van der Waals surface area contributed by atoms with Gasteiger partial charge in [0.1, 0.15) is 5.82 Å². The van der Waals surface area contributed by atoms with Crippen LogP contribution in [-0.4, -0.2) is 7.05 Å². The summed E-state index contributed by atoms with van der Waals surface area (Å²) < 4.78 is 14.2. The maximum Gasteiger partial charge on any atom is 0.123 e. The van der Waals surface area contributed by atoms with Gasteiger partial charge in [0.25, 0.3) is 0 Å². The molecular formula is C14H13BrFN. The number of benzene rings is 2. The van der Waals surface area contributed by atoms with Crippen molar-refractivity contribution in [2.45, 2.75) is 6.04 Å². The SMILES string of the molecule is CNC(c1cccc(F)c1)c1cccc(Br)c1. The first-order valence-electron chi connectivity index (χ1n) is 5.39. The molecule has 1 atom stereocenters. The van der Waals surface area contributed by atoms with Gasteiger partial charge >= 0.3 is 0 Å². The minimum Gasteiger partial charge on any atom is -0.309 e. The normalized spacial score (nSPS) is 12.4. The highest BCUT2D eigenvalue weighted by atomic mass is 79.9. The first kappa shape index (κ1) is 12.3. The van der Waals surface area contributed by atoms with Crippen molar-refractivity contribution in [3.63, 3.8) is 0 Å². The second-order valence-electron chi connectivity index (χ2n) is 3.83. The Bertz CT molecular complexity index is 468. The molecule has 17 heavy (non-hydrogen) atoms. The number of rotatable bonds is 3. The molecule has 0 aliphatic rings. The van der Waals surface area contributed by atoms with Crippen LogP contribution in [0.3, 0.4) is 0 Å². The van der Waals surface area contributed by atoms with E-state index in [0.29, 0.717) is 0 Å². The quantitative estimate of drug-likeness (QED) is 0.905. The number of hydrogen-bond donors (Lipinski definition) is 1. The van der Waals surface area contributed by atoms with Crippen LogP contribution in [0.15, 0.2) is 53.0 Å². The van der Waals surface area contributed by atoms with Gasteiger partial charge in [0.15, 0.2) is 0 Å². The van der Waals surface area contributed by atoms with Gasteiger partial charge in [0, 0.05) is 4.47 Å². The lowest BCUT2D eigenvalue weighted by Crippen LogP contribution is -2.17. The third-order valence-electron chi connectivity index (χ3n) is 2.65. The van der Waals surface area contributed by atoms with Crippen LogP contribution < -0.4 is 5.32 Å². The van der Waals surface area contributed by atoms with Crippen molar-refractivity contribution < 1.29 is 4.39 Å². The summed E-state index contributed by atoms with van der Waals surface area (Å²) in [6.45, 7) is 0. The lowest BCUT2D eigenvalue weighted by atomic mass is 9.99. The number of nitrogens with one attached hydrogen (secondary N) is 1. The third-order valence-corrected chi connectivity index (χ3v) is 3.15. The summed E-state index contributed by atoms with van der Waals surface area (Å²) in [5.41, 5.74) is 2.03. The highest BCUT2D eigenvalue weighted by Crippen LogP contribution is 2.24. The molecule has 1 unspecified atom stereocenters. The minimum atomic E-state index is -0.210. The van der Waals surface area contributed by atoms with Crippen molar-refractivity contribution in [3.8, 4) is 0 Å². The fraction of sp³-hybridized carbons (Fsp3) is 0.143. The van der Waals surface area contributed by atoms with Gasteiger partial charge < -0.3 is 5.32 Å². The summed E-state index contributed by atoms with van der Waals surface area (Å²) in [6, 6.07) is 14.7. The fourth-order valence-electron chi connectivity index (χ4n) is 1.90. The highest BCUT2D eigenvalue weighted by Gasteiger charge is 2.12. The van der Waals surface area contributed by atoms with Crippen LogP contribution in [0.1, 0.15) is 17.2 Å². The zero-order chi connectivity index (χ0) is 12.3. The Hall–Kier alpha value is -1.19. The summed E-state index contributed by atoms with van der Waals surface area (Å²) in [4.78, 5) is 0. The molecule has 0 bridgehead atoms. The van der Waals surface area contributed by atoms with Gasteiger partial charge in [0.05, 0.1) is 6.04 Å². The van der Waals surface area contributed by atoms with E-state index in [-0.39, 0.29) is 11.9 Å². The fourth-order valence-corrected chi connectivity index (χ4v) is 2.32. The smallest absolute Gasteiger partial charge is 0.123 e. The predicted octanol–water partition coefficient (Wildman–Crippen LogP) is 3.90. The molecule has 3 heteroatoms. The molecular weight excluding hydrogens is 281 g/mol. The summed E-state index contributed by atoms with van der Waals surface area (Å²) in [5, 5.41) is 3.20. The summed E-state index contributed by atoms with van der Waals surface area (Å²) in [7, 11) is 1.87. The molecule has 0 aliphatic heterocycles. The van der Waals surface area contributed by atoms with Gasteiger partial charge in [-0.2, -0.15) is 0 Å². The van der Waals surface area contributed by atoms with Crippen LogP contribution in [-0.2, 0) is 0 Å². The lowest BCUT2D eigenvalue weighted by molar-refractivity contribution is 0.616. The first-order valence-corrected chi connectivity index (χ1v) is 6.18. The Morgan fingerprint density at radius 2 is 1.71 bits per heavy atom. The number of hydrogen-bond acceptors (Lipinski definition) is 1. The maximum atomic E-state index is 13.2. The molecule has 2 rings (SSSR count). The van der Waals surface area contributed by atoms with Gasteiger partial charge in [0.2, 0.25) is 0 Å². The van der Waals surface area contributed by atoms with E-state index in [1.165, 1.54) is 6.07 Å². The topological polar surface area (TPSA) is 12.0 Å². The molecule has 0 aliphatic carbocycles. The second kappa shape index (κ2) is 5.43. The molecule has 0 spiro atoms. The molecule has 2 aromatic carbocycles. The molecule has 1 nitrogen and oxygen atoms in total. The van der Waals surface area contributed by atoms with E-state index < -0.39 is 0 Å². The molecule has 0 amide bonds. The number of halogens is 2. The Morgan fingerprint density at radius 3 is 2.29 bits per heavy atom. The molecule has 88 valence electrons. The van der Waals surface area contributed by atoms with E-state index in [4.69, 9.17) is 0 Å². The molecule has 0 saturated heterocycles. The summed E-state index contributed by atoms with van der Waals surface area (Å²) in [5.74, 6) is -0.210. The van der Waals surface area contributed by atoms with E-state index in [1.807, 2.05) is 37.4 Å². The predicted molar refractivity (Wildman–Crippen MR) is 71.4 cm³/mol. The van der Waals surface area contributed by atoms with E-state index in [0.717, 1.165) is 15.6 Å². The second-order valence-corrected chi connectivity index (χ2v) is 4.75. The van der Waals surface area contributed by atoms with E-state index in [2.05, 4.69) is 21.2 Å². The zero-order valence-corrected chi connectivity index (χ0v) is 11.0. The first-order chi connectivity index (χ1) is 8.20. The van der Waals surface area contributed by atoms with Gasteiger partial charge in [-0.15, -0.1) is 0 Å². The van der Waals surface area contributed by atoms with Crippen molar-refractivity contribution in [2.24, 2.45) is 0 Å². The van der Waals surface area contributed by atoms with Crippen LogP contribution in [0, 0.1) is 5.82 Å². The summed E-state index contributed by atoms with van der Waals surface area (Å²) in [6.07, 6.45) is 0. The Labute approximate surface area is 109 Å². The lowest BCUT2D eigenvalue weighted by Gasteiger charge is -2.17. The van der Waals surface area contributed by atoms with E-state index in [1.54, 1.807) is 12.1 Å². The van der Waals surface area contributed by atoms with Crippen LogP contribution in [0.5, 0.6) is 0 Å². The minimum absolute atomic E-state index is 0.00296. The van der Waals surface area contributed by atoms with Crippen molar-refractivity contribution in [1.29, 1.82) is 0 Å². The molecule has 2 aromatic rings. The molecule has 0 radical (unpaired) electrons. The average Bonchev–Trinajstić information content (AvgIpc) is 2.30. The van der Waals surface area contributed by atoms with E-state index in [9.17, 15) is 4.39 Å². The largest absolute Gasteiger partial charge is 0.309 e.